The predicted octanol–water partition coefficient (Wildman–Crippen LogP) is 4.18. The van der Waals surface area contributed by atoms with E-state index >= 15 is 0 Å². The Bertz CT molecular complexity index is 1660. The average Bonchev–Trinajstić information content (AvgIpc) is 3.38. The molecule has 218 valence electrons. The van der Waals surface area contributed by atoms with Crippen molar-refractivity contribution in [3.63, 3.8) is 0 Å². The number of amides is 1. The number of nitrogens with one attached hydrogen (secondary N) is 2. The quantitative estimate of drug-likeness (QED) is 0.265. The monoisotopic (exact) mass is 698 g/mol. The van der Waals surface area contributed by atoms with Crippen molar-refractivity contribution in [1.82, 2.24) is 10.0 Å². The van der Waals surface area contributed by atoms with E-state index in [1.165, 1.54) is 23.5 Å². The number of aromatic nitrogens is 1. The van der Waals surface area contributed by atoms with Gasteiger partial charge < -0.3 is 14.8 Å². The van der Waals surface area contributed by atoms with E-state index in [-0.39, 0.29) is 35.1 Å². The SMILES string of the molecule is Cn1c(Nc2ccc(I)cc2F)c(C(=O)NOC2CCCCO2)c(Oc2cccc3c2CCN3S(C)(=O)=O)cc1=O. The van der Waals surface area contributed by atoms with Gasteiger partial charge in [0.2, 0.25) is 10.0 Å². The lowest BCUT2D eigenvalue weighted by molar-refractivity contribution is -0.186. The number of carbonyl (C=O) groups is 1. The second-order valence-electron chi connectivity index (χ2n) is 9.66. The van der Waals surface area contributed by atoms with Crippen LogP contribution >= 0.6 is 22.6 Å². The highest BCUT2D eigenvalue weighted by Gasteiger charge is 2.30. The second-order valence-corrected chi connectivity index (χ2v) is 12.8. The number of anilines is 3. The van der Waals surface area contributed by atoms with Gasteiger partial charge in [0, 0.05) is 41.8 Å². The molecule has 1 fully saturated rings. The molecule has 2 aliphatic heterocycles. The molecular formula is C27H28FIN4O7S. The summed E-state index contributed by atoms with van der Waals surface area (Å²) in [6.45, 7) is 0.726. The van der Waals surface area contributed by atoms with Gasteiger partial charge in [-0.1, -0.05) is 6.07 Å². The van der Waals surface area contributed by atoms with Crippen molar-refractivity contribution in [3.05, 3.63) is 73.3 Å². The van der Waals surface area contributed by atoms with E-state index in [0.29, 0.717) is 34.3 Å². The van der Waals surface area contributed by atoms with E-state index in [0.717, 1.165) is 29.7 Å². The summed E-state index contributed by atoms with van der Waals surface area (Å²) in [7, 11) is -2.08. The molecule has 0 saturated carbocycles. The maximum absolute atomic E-state index is 14.8. The number of carbonyl (C=O) groups excluding carboxylic acids is 1. The summed E-state index contributed by atoms with van der Waals surface area (Å²) in [6.07, 6.45) is 3.19. The Balaban J connectivity index is 1.57. The summed E-state index contributed by atoms with van der Waals surface area (Å²) in [4.78, 5) is 32.2. The van der Waals surface area contributed by atoms with Crippen molar-refractivity contribution in [3.8, 4) is 11.5 Å². The van der Waals surface area contributed by atoms with E-state index in [4.69, 9.17) is 14.3 Å². The Morgan fingerprint density at radius 2 is 1.98 bits per heavy atom. The van der Waals surface area contributed by atoms with E-state index in [1.807, 2.05) is 22.6 Å². The summed E-state index contributed by atoms with van der Waals surface area (Å²) in [5.41, 5.74) is 2.82. The molecule has 5 rings (SSSR count). The van der Waals surface area contributed by atoms with Crippen LogP contribution < -0.4 is 25.4 Å². The molecule has 0 spiro atoms. The lowest BCUT2D eigenvalue weighted by Gasteiger charge is -2.23. The fourth-order valence-corrected chi connectivity index (χ4v) is 6.15. The first-order valence-electron chi connectivity index (χ1n) is 12.8. The fraction of sp³-hybridized carbons (Fsp3) is 0.333. The number of ether oxygens (including phenoxy) is 2. The Morgan fingerprint density at radius 3 is 2.68 bits per heavy atom. The van der Waals surface area contributed by atoms with Gasteiger partial charge in [-0.2, -0.15) is 0 Å². The van der Waals surface area contributed by atoms with Crippen molar-refractivity contribution >= 4 is 55.7 Å². The van der Waals surface area contributed by atoms with Crippen LogP contribution in [0.2, 0.25) is 0 Å². The number of benzene rings is 2. The van der Waals surface area contributed by atoms with Crippen LogP contribution in [0.15, 0.2) is 47.3 Å². The van der Waals surface area contributed by atoms with Gasteiger partial charge in [-0.3, -0.25) is 18.5 Å². The van der Waals surface area contributed by atoms with Gasteiger partial charge in [0.15, 0.2) is 6.29 Å². The molecule has 0 bridgehead atoms. The first-order chi connectivity index (χ1) is 19.5. The van der Waals surface area contributed by atoms with Crippen LogP contribution in [0.4, 0.5) is 21.6 Å². The van der Waals surface area contributed by atoms with E-state index < -0.39 is 33.6 Å². The molecule has 1 atom stereocenters. The third-order valence-electron chi connectivity index (χ3n) is 6.80. The molecule has 2 aromatic carbocycles. The van der Waals surface area contributed by atoms with Crippen molar-refractivity contribution in [2.45, 2.75) is 32.0 Å². The molecule has 3 heterocycles. The highest BCUT2D eigenvalue weighted by atomic mass is 127. The predicted molar refractivity (Wildman–Crippen MR) is 159 cm³/mol. The maximum atomic E-state index is 14.8. The smallest absolute Gasteiger partial charge is 0.282 e. The molecule has 1 amide bonds. The van der Waals surface area contributed by atoms with E-state index in [1.54, 1.807) is 24.3 Å². The lowest BCUT2D eigenvalue weighted by atomic mass is 10.1. The minimum Gasteiger partial charge on any atom is -0.456 e. The van der Waals surface area contributed by atoms with Gasteiger partial charge in [-0.05, 0) is 72.2 Å². The summed E-state index contributed by atoms with van der Waals surface area (Å²) >= 11 is 1.98. The maximum Gasteiger partial charge on any atom is 0.282 e. The summed E-state index contributed by atoms with van der Waals surface area (Å²) < 4.78 is 54.2. The Kier molecular flexibility index (Phi) is 8.54. The lowest BCUT2D eigenvalue weighted by Crippen LogP contribution is -2.34. The molecule has 2 aliphatic rings. The Labute approximate surface area is 249 Å². The number of nitrogens with zero attached hydrogens (tertiary/aromatic N) is 2. The Morgan fingerprint density at radius 1 is 1.17 bits per heavy atom. The zero-order valence-corrected chi connectivity index (χ0v) is 25.3. The third-order valence-corrected chi connectivity index (χ3v) is 8.65. The zero-order valence-electron chi connectivity index (χ0n) is 22.3. The molecule has 2 N–H and O–H groups in total. The number of hydrogen-bond donors (Lipinski definition) is 2. The topological polar surface area (TPSA) is 128 Å². The van der Waals surface area contributed by atoms with Crippen molar-refractivity contribution in [2.75, 3.05) is 29.0 Å². The standard InChI is InChI=1S/C27H28FIN4O7S/c1-32-23(34)15-22(39-21-7-5-6-20-17(21)11-12-33(20)41(2,36)37)25(27(35)31-40-24-8-3-4-13-38-24)26(32)30-19-10-9-16(29)14-18(19)28/h5-7,9-10,14-15,24,30H,3-4,8,11-13H2,1-2H3,(H,31,35). The molecule has 3 aromatic rings. The second kappa shape index (κ2) is 12.0. The highest BCUT2D eigenvalue weighted by molar-refractivity contribution is 14.1. The van der Waals surface area contributed by atoms with E-state index in [9.17, 15) is 22.4 Å². The Hall–Kier alpha value is -3.21. The number of rotatable bonds is 8. The van der Waals surface area contributed by atoms with Gasteiger partial charge in [0.05, 0.1) is 17.6 Å². The average molecular weight is 699 g/mol. The highest BCUT2D eigenvalue weighted by Crippen LogP contribution is 2.40. The zero-order chi connectivity index (χ0) is 29.3. The van der Waals surface area contributed by atoms with Gasteiger partial charge in [0.1, 0.15) is 28.7 Å². The molecule has 0 aliphatic carbocycles. The van der Waals surface area contributed by atoms with Crippen molar-refractivity contribution in [1.29, 1.82) is 0 Å². The minimum absolute atomic E-state index is 0.0348. The normalized spacial score (nSPS) is 16.8. The van der Waals surface area contributed by atoms with Crippen LogP contribution in [0.25, 0.3) is 0 Å². The van der Waals surface area contributed by atoms with Gasteiger partial charge in [-0.15, -0.1) is 0 Å². The number of pyridine rings is 1. The first-order valence-corrected chi connectivity index (χ1v) is 15.8. The van der Waals surface area contributed by atoms with Crippen LogP contribution in [0.1, 0.15) is 35.2 Å². The minimum atomic E-state index is -3.52. The van der Waals surface area contributed by atoms with Crippen molar-refractivity contribution in [2.24, 2.45) is 7.05 Å². The van der Waals surface area contributed by atoms with Crippen LogP contribution in [-0.2, 0) is 33.1 Å². The molecule has 11 nitrogen and oxygen atoms in total. The number of sulfonamides is 1. The molecule has 0 radical (unpaired) electrons. The molecule has 1 aromatic heterocycles. The van der Waals surface area contributed by atoms with Crippen molar-refractivity contribution < 1.29 is 31.9 Å². The van der Waals surface area contributed by atoms with Gasteiger partial charge >= 0.3 is 0 Å². The van der Waals surface area contributed by atoms with Crippen LogP contribution in [0.3, 0.4) is 0 Å². The van der Waals surface area contributed by atoms with Crippen LogP contribution in [0, 0.1) is 9.39 Å². The number of hydroxylamine groups is 1. The third kappa shape index (κ3) is 6.34. The van der Waals surface area contributed by atoms with E-state index in [2.05, 4.69) is 10.8 Å². The molecule has 41 heavy (non-hydrogen) atoms. The molecule has 14 heteroatoms. The first kappa shape index (κ1) is 29.3. The molecule has 1 saturated heterocycles. The van der Waals surface area contributed by atoms with Crippen LogP contribution in [0.5, 0.6) is 11.5 Å². The summed E-state index contributed by atoms with van der Waals surface area (Å²) in [6, 6.07) is 10.5. The molecule has 1 unspecified atom stereocenters. The summed E-state index contributed by atoms with van der Waals surface area (Å²) in [5, 5.41) is 2.87. The number of fused-ring (bicyclic) bond motifs is 1. The largest absolute Gasteiger partial charge is 0.456 e. The fourth-order valence-electron chi connectivity index (χ4n) is 4.75. The number of halogens is 2. The summed E-state index contributed by atoms with van der Waals surface area (Å²) in [5.74, 6) is -1.24. The number of hydrogen-bond acceptors (Lipinski definition) is 8. The molecular weight excluding hydrogens is 670 g/mol. The van der Waals surface area contributed by atoms with Crippen LogP contribution in [-0.4, -0.2) is 44.6 Å². The van der Waals surface area contributed by atoms with Gasteiger partial charge in [0.25, 0.3) is 11.5 Å². The van der Waals surface area contributed by atoms with Gasteiger partial charge in [-0.25, -0.2) is 23.1 Å².